The van der Waals surface area contributed by atoms with Gasteiger partial charge < -0.3 is 14.8 Å². The summed E-state index contributed by atoms with van der Waals surface area (Å²) in [5, 5.41) is 12.1. The summed E-state index contributed by atoms with van der Waals surface area (Å²) < 4.78 is 5.01. The zero-order valence-electron chi connectivity index (χ0n) is 8.86. The second-order valence-electron chi connectivity index (χ2n) is 3.80. The minimum atomic E-state index is 0.267. The molecule has 2 atom stereocenters. The minimum Gasteiger partial charge on any atom is -0.472 e. The molecule has 3 nitrogen and oxygen atoms in total. The first-order valence-electron chi connectivity index (χ1n) is 5.10. The van der Waals surface area contributed by atoms with Gasteiger partial charge in [0.2, 0.25) is 0 Å². The van der Waals surface area contributed by atoms with Crippen molar-refractivity contribution in [3.8, 4) is 0 Å². The summed E-state index contributed by atoms with van der Waals surface area (Å²) in [4.78, 5) is 0. The zero-order valence-corrected chi connectivity index (χ0v) is 8.86. The fourth-order valence-corrected chi connectivity index (χ4v) is 1.34. The molecule has 0 saturated carbocycles. The van der Waals surface area contributed by atoms with E-state index in [9.17, 15) is 0 Å². The molecule has 0 aliphatic rings. The van der Waals surface area contributed by atoms with E-state index in [0.717, 1.165) is 13.0 Å². The van der Waals surface area contributed by atoms with E-state index in [1.54, 1.807) is 12.5 Å². The average Bonchev–Trinajstić information content (AvgIpc) is 2.67. The van der Waals surface area contributed by atoms with Gasteiger partial charge in [-0.1, -0.05) is 6.92 Å². The SMILES string of the molecule is CC(CCO)CNC(C)c1ccoc1. The predicted molar refractivity (Wildman–Crippen MR) is 56.0 cm³/mol. The quantitative estimate of drug-likeness (QED) is 0.732. The van der Waals surface area contributed by atoms with E-state index in [1.165, 1.54) is 5.56 Å². The number of hydrogen-bond donors (Lipinski definition) is 2. The van der Waals surface area contributed by atoms with Gasteiger partial charge in [-0.3, -0.25) is 0 Å². The van der Waals surface area contributed by atoms with Crippen LogP contribution < -0.4 is 5.32 Å². The van der Waals surface area contributed by atoms with Gasteiger partial charge in [-0.2, -0.15) is 0 Å². The Morgan fingerprint density at radius 1 is 1.50 bits per heavy atom. The van der Waals surface area contributed by atoms with E-state index < -0.39 is 0 Å². The topological polar surface area (TPSA) is 45.4 Å². The van der Waals surface area contributed by atoms with Crippen LogP contribution in [0.2, 0.25) is 0 Å². The summed E-state index contributed by atoms with van der Waals surface area (Å²) in [5.74, 6) is 0.509. The molecule has 0 aliphatic carbocycles. The van der Waals surface area contributed by atoms with E-state index in [1.807, 2.05) is 6.07 Å². The molecule has 0 aliphatic heterocycles. The lowest BCUT2D eigenvalue weighted by molar-refractivity contribution is 0.258. The van der Waals surface area contributed by atoms with E-state index in [2.05, 4.69) is 19.2 Å². The second kappa shape index (κ2) is 5.83. The molecule has 2 N–H and O–H groups in total. The highest BCUT2D eigenvalue weighted by Gasteiger charge is 2.07. The van der Waals surface area contributed by atoms with Crippen molar-refractivity contribution in [1.29, 1.82) is 0 Å². The maximum Gasteiger partial charge on any atom is 0.0950 e. The molecule has 1 heterocycles. The monoisotopic (exact) mass is 197 g/mol. The van der Waals surface area contributed by atoms with Crippen LogP contribution in [0.1, 0.15) is 31.9 Å². The van der Waals surface area contributed by atoms with Gasteiger partial charge in [0, 0.05) is 18.2 Å². The van der Waals surface area contributed by atoms with Gasteiger partial charge in [-0.25, -0.2) is 0 Å². The number of nitrogens with one attached hydrogen (secondary N) is 1. The summed E-state index contributed by atoms with van der Waals surface area (Å²) >= 11 is 0. The van der Waals surface area contributed by atoms with Crippen molar-refractivity contribution in [2.24, 2.45) is 5.92 Å². The van der Waals surface area contributed by atoms with Crippen LogP contribution in [-0.4, -0.2) is 18.3 Å². The molecule has 0 aromatic carbocycles. The average molecular weight is 197 g/mol. The largest absolute Gasteiger partial charge is 0.472 e. The fourth-order valence-electron chi connectivity index (χ4n) is 1.34. The molecular weight excluding hydrogens is 178 g/mol. The van der Waals surface area contributed by atoms with Crippen molar-refractivity contribution in [3.63, 3.8) is 0 Å². The number of aliphatic hydroxyl groups is 1. The van der Waals surface area contributed by atoms with E-state index >= 15 is 0 Å². The zero-order chi connectivity index (χ0) is 10.4. The van der Waals surface area contributed by atoms with Gasteiger partial charge in [0.15, 0.2) is 0 Å². The van der Waals surface area contributed by atoms with Crippen LogP contribution in [0.25, 0.3) is 0 Å². The van der Waals surface area contributed by atoms with Crippen molar-refractivity contribution in [2.45, 2.75) is 26.3 Å². The first kappa shape index (κ1) is 11.3. The van der Waals surface area contributed by atoms with Gasteiger partial charge in [0.05, 0.1) is 12.5 Å². The Kier molecular flexibility index (Phi) is 4.70. The Bertz CT molecular complexity index is 233. The molecule has 1 aromatic rings. The van der Waals surface area contributed by atoms with Crippen molar-refractivity contribution in [3.05, 3.63) is 24.2 Å². The molecule has 80 valence electrons. The van der Waals surface area contributed by atoms with Crippen molar-refractivity contribution >= 4 is 0 Å². The van der Waals surface area contributed by atoms with Crippen LogP contribution >= 0.6 is 0 Å². The Morgan fingerprint density at radius 3 is 2.86 bits per heavy atom. The van der Waals surface area contributed by atoms with Crippen LogP contribution in [0.15, 0.2) is 23.0 Å². The third-order valence-electron chi connectivity index (χ3n) is 2.44. The van der Waals surface area contributed by atoms with Gasteiger partial charge in [0.25, 0.3) is 0 Å². The lowest BCUT2D eigenvalue weighted by Gasteiger charge is -2.15. The van der Waals surface area contributed by atoms with E-state index in [-0.39, 0.29) is 6.61 Å². The van der Waals surface area contributed by atoms with Gasteiger partial charge in [-0.05, 0) is 31.9 Å². The van der Waals surface area contributed by atoms with Gasteiger partial charge in [0.1, 0.15) is 0 Å². The summed E-state index contributed by atoms with van der Waals surface area (Å²) in [5.41, 5.74) is 1.17. The standard InChI is InChI=1S/C11H19NO2/c1-9(3-5-13)7-12-10(2)11-4-6-14-8-11/h4,6,8-10,12-13H,3,5,7H2,1-2H3. The molecule has 2 unspecified atom stereocenters. The van der Waals surface area contributed by atoms with Crippen molar-refractivity contribution in [2.75, 3.05) is 13.2 Å². The number of rotatable bonds is 6. The highest BCUT2D eigenvalue weighted by Crippen LogP contribution is 2.12. The normalized spacial score (nSPS) is 15.4. The molecule has 0 bridgehead atoms. The minimum absolute atomic E-state index is 0.267. The molecular formula is C11H19NO2. The molecule has 0 saturated heterocycles. The van der Waals surface area contributed by atoms with Crippen LogP contribution in [0, 0.1) is 5.92 Å². The van der Waals surface area contributed by atoms with Crippen LogP contribution in [0.3, 0.4) is 0 Å². The van der Waals surface area contributed by atoms with E-state index in [4.69, 9.17) is 9.52 Å². The van der Waals surface area contributed by atoms with Crippen LogP contribution in [0.5, 0.6) is 0 Å². The number of furan rings is 1. The summed E-state index contributed by atoms with van der Waals surface area (Å²) in [7, 11) is 0. The Balaban J connectivity index is 2.24. The summed E-state index contributed by atoms with van der Waals surface area (Å²) in [6, 6.07) is 2.28. The molecule has 1 rings (SSSR count). The van der Waals surface area contributed by atoms with E-state index in [0.29, 0.717) is 12.0 Å². The van der Waals surface area contributed by atoms with Crippen molar-refractivity contribution in [1.82, 2.24) is 5.32 Å². The molecule has 3 heteroatoms. The first-order valence-corrected chi connectivity index (χ1v) is 5.10. The Morgan fingerprint density at radius 2 is 2.29 bits per heavy atom. The maximum atomic E-state index is 8.74. The van der Waals surface area contributed by atoms with Crippen LogP contribution in [-0.2, 0) is 0 Å². The lowest BCUT2D eigenvalue weighted by atomic mass is 10.1. The first-order chi connectivity index (χ1) is 6.74. The predicted octanol–water partition coefficient (Wildman–Crippen LogP) is 1.95. The van der Waals surface area contributed by atoms with Crippen molar-refractivity contribution < 1.29 is 9.52 Å². The van der Waals surface area contributed by atoms with Crippen LogP contribution in [0.4, 0.5) is 0 Å². The summed E-state index contributed by atoms with van der Waals surface area (Å²) in [6.07, 6.45) is 4.30. The smallest absolute Gasteiger partial charge is 0.0950 e. The molecule has 0 fully saturated rings. The second-order valence-corrected chi connectivity index (χ2v) is 3.80. The molecule has 14 heavy (non-hydrogen) atoms. The molecule has 0 radical (unpaired) electrons. The Labute approximate surface area is 85.1 Å². The fraction of sp³-hybridized carbons (Fsp3) is 0.636. The third-order valence-corrected chi connectivity index (χ3v) is 2.44. The molecule has 0 amide bonds. The summed E-state index contributed by atoms with van der Waals surface area (Å²) in [6.45, 7) is 5.43. The highest BCUT2D eigenvalue weighted by molar-refractivity contribution is 5.10. The number of aliphatic hydroxyl groups excluding tert-OH is 1. The highest BCUT2D eigenvalue weighted by atomic mass is 16.3. The molecule has 0 spiro atoms. The number of hydrogen-bond acceptors (Lipinski definition) is 3. The molecule has 1 aromatic heterocycles. The van der Waals surface area contributed by atoms with Gasteiger partial charge >= 0.3 is 0 Å². The maximum absolute atomic E-state index is 8.74. The third kappa shape index (κ3) is 3.52. The lowest BCUT2D eigenvalue weighted by Crippen LogP contribution is -2.24. The van der Waals surface area contributed by atoms with Gasteiger partial charge in [-0.15, -0.1) is 0 Å². The Hall–Kier alpha value is -0.800.